The van der Waals surface area contributed by atoms with Crippen LogP contribution >= 0.6 is 0 Å². The molecule has 0 aliphatic carbocycles. The lowest BCUT2D eigenvalue weighted by Gasteiger charge is -2.33. The van der Waals surface area contributed by atoms with Gasteiger partial charge in [0.25, 0.3) is 0 Å². The fourth-order valence-corrected chi connectivity index (χ4v) is 3.31. The SMILES string of the molecule is CCC(C(=N)N)N1CCC(N2CCCCC2)C1. The Balaban J connectivity index is 1.87. The molecular formula is C13H26N4. The molecule has 0 amide bonds. The molecule has 0 spiro atoms. The molecule has 0 saturated carbocycles. The molecule has 2 rings (SSSR count). The third-order valence-corrected chi connectivity index (χ3v) is 4.29. The van der Waals surface area contributed by atoms with Gasteiger partial charge in [-0.2, -0.15) is 0 Å². The van der Waals surface area contributed by atoms with Gasteiger partial charge in [0.15, 0.2) is 0 Å². The summed E-state index contributed by atoms with van der Waals surface area (Å²) >= 11 is 0. The van der Waals surface area contributed by atoms with E-state index in [0.717, 1.165) is 19.5 Å². The minimum Gasteiger partial charge on any atom is -0.386 e. The number of piperidine rings is 1. The molecule has 0 aromatic carbocycles. The molecule has 3 N–H and O–H groups in total. The monoisotopic (exact) mass is 238 g/mol. The van der Waals surface area contributed by atoms with Crippen molar-refractivity contribution >= 4 is 5.84 Å². The molecule has 2 aliphatic rings. The van der Waals surface area contributed by atoms with Crippen LogP contribution in [0.1, 0.15) is 39.0 Å². The number of amidine groups is 1. The Hall–Kier alpha value is -0.610. The lowest BCUT2D eigenvalue weighted by molar-refractivity contribution is 0.158. The molecule has 0 bridgehead atoms. The summed E-state index contributed by atoms with van der Waals surface area (Å²) < 4.78 is 0. The molecule has 2 heterocycles. The summed E-state index contributed by atoms with van der Waals surface area (Å²) in [7, 11) is 0. The Morgan fingerprint density at radius 2 is 2.00 bits per heavy atom. The van der Waals surface area contributed by atoms with Crippen molar-refractivity contribution in [2.75, 3.05) is 26.2 Å². The molecule has 2 fully saturated rings. The zero-order chi connectivity index (χ0) is 12.3. The van der Waals surface area contributed by atoms with Crippen LogP contribution in [0.3, 0.4) is 0 Å². The van der Waals surface area contributed by atoms with E-state index in [1.54, 1.807) is 0 Å². The first-order valence-electron chi connectivity index (χ1n) is 7.04. The lowest BCUT2D eigenvalue weighted by Crippen LogP contribution is -2.46. The van der Waals surface area contributed by atoms with Crippen molar-refractivity contribution in [2.45, 2.75) is 51.1 Å². The third-order valence-electron chi connectivity index (χ3n) is 4.29. The number of rotatable bonds is 4. The fourth-order valence-electron chi connectivity index (χ4n) is 3.31. The lowest BCUT2D eigenvalue weighted by atomic mass is 10.1. The van der Waals surface area contributed by atoms with E-state index in [2.05, 4.69) is 16.7 Å². The van der Waals surface area contributed by atoms with E-state index in [0.29, 0.717) is 11.9 Å². The summed E-state index contributed by atoms with van der Waals surface area (Å²) in [6, 6.07) is 0.883. The average molecular weight is 238 g/mol. The van der Waals surface area contributed by atoms with Gasteiger partial charge in [0.2, 0.25) is 0 Å². The average Bonchev–Trinajstić information content (AvgIpc) is 2.80. The predicted molar refractivity (Wildman–Crippen MR) is 71.4 cm³/mol. The first kappa shape index (κ1) is 12.8. The number of likely N-dealkylation sites (tertiary alicyclic amines) is 2. The molecule has 2 saturated heterocycles. The van der Waals surface area contributed by atoms with Crippen LogP contribution in [0.2, 0.25) is 0 Å². The number of nitrogens with zero attached hydrogens (tertiary/aromatic N) is 2. The Labute approximate surface area is 105 Å². The zero-order valence-corrected chi connectivity index (χ0v) is 11.0. The van der Waals surface area contributed by atoms with Crippen molar-refractivity contribution in [3.63, 3.8) is 0 Å². The number of hydrogen-bond acceptors (Lipinski definition) is 3. The van der Waals surface area contributed by atoms with Gasteiger partial charge in [-0.25, -0.2) is 0 Å². The van der Waals surface area contributed by atoms with Gasteiger partial charge in [-0.15, -0.1) is 0 Å². The second-order valence-electron chi connectivity index (χ2n) is 5.41. The van der Waals surface area contributed by atoms with Crippen molar-refractivity contribution in [2.24, 2.45) is 5.73 Å². The molecule has 4 heteroatoms. The number of hydrogen-bond donors (Lipinski definition) is 2. The van der Waals surface area contributed by atoms with E-state index in [1.165, 1.54) is 38.8 Å². The van der Waals surface area contributed by atoms with Gasteiger partial charge in [-0.1, -0.05) is 13.3 Å². The normalized spacial score (nSPS) is 29.4. The van der Waals surface area contributed by atoms with E-state index in [1.807, 2.05) is 0 Å². The van der Waals surface area contributed by atoms with Crippen LogP contribution in [0.25, 0.3) is 0 Å². The maximum absolute atomic E-state index is 7.65. The molecule has 17 heavy (non-hydrogen) atoms. The van der Waals surface area contributed by atoms with Gasteiger partial charge in [0.1, 0.15) is 5.84 Å². The van der Waals surface area contributed by atoms with Crippen molar-refractivity contribution in [1.82, 2.24) is 9.80 Å². The molecule has 4 nitrogen and oxygen atoms in total. The molecule has 2 unspecified atom stereocenters. The van der Waals surface area contributed by atoms with Crippen LogP contribution < -0.4 is 5.73 Å². The minimum atomic E-state index is 0.171. The first-order chi connectivity index (χ1) is 8.22. The Kier molecular flexibility index (Phi) is 4.40. The minimum absolute atomic E-state index is 0.171. The number of nitrogens with one attached hydrogen (secondary N) is 1. The van der Waals surface area contributed by atoms with Crippen LogP contribution in [-0.4, -0.2) is 53.9 Å². The van der Waals surface area contributed by atoms with Gasteiger partial charge in [0, 0.05) is 19.1 Å². The van der Waals surface area contributed by atoms with Crippen LogP contribution in [-0.2, 0) is 0 Å². The number of nitrogens with two attached hydrogens (primary N) is 1. The van der Waals surface area contributed by atoms with Gasteiger partial charge >= 0.3 is 0 Å². The van der Waals surface area contributed by atoms with Gasteiger partial charge in [-0.05, 0) is 38.8 Å². The largest absolute Gasteiger partial charge is 0.386 e. The fraction of sp³-hybridized carbons (Fsp3) is 0.923. The summed E-state index contributed by atoms with van der Waals surface area (Å²) in [6.07, 6.45) is 6.34. The molecule has 2 aliphatic heterocycles. The van der Waals surface area contributed by atoms with Crippen LogP contribution in [0.4, 0.5) is 0 Å². The first-order valence-corrected chi connectivity index (χ1v) is 7.04. The summed E-state index contributed by atoms with van der Waals surface area (Å²) in [5, 5.41) is 7.65. The Morgan fingerprint density at radius 1 is 1.29 bits per heavy atom. The van der Waals surface area contributed by atoms with Crippen LogP contribution in [0.5, 0.6) is 0 Å². The highest BCUT2D eigenvalue weighted by molar-refractivity contribution is 5.82. The van der Waals surface area contributed by atoms with Crippen molar-refractivity contribution in [3.05, 3.63) is 0 Å². The molecule has 0 radical (unpaired) electrons. The Bertz CT molecular complexity index is 260. The van der Waals surface area contributed by atoms with Gasteiger partial charge < -0.3 is 5.73 Å². The molecule has 2 atom stereocenters. The molecule has 98 valence electrons. The van der Waals surface area contributed by atoms with Gasteiger partial charge in [-0.3, -0.25) is 15.2 Å². The third kappa shape index (κ3) is 2.99. The molecule has 0 aromatic heterocycles. The molecule has 0 aromatic rings. The van der Waals surface area contributed by atoms with Crippen molar-refractivity contribution < 1.29 is 0 Å². The standard InChI is InChI=1S/C13H26N4/c1-2-12(13(14)15)17-9-6-11(10-17)16-7-4-3-5-8-16/h11-12H,2-10H2,1H3,(H3,14,15). The topological polar surface area (TPSA) is 56.4 Å². The zero-order valence-electron chi connectivity index (χ0n) is 11.0. The van der Waals surface area contributed by atoms with E-state index in [-0.39, 0.29) is 6.04 Å². The van der Waals surface area contributed by atoms with Crippen LogP contribution in [0.15, 0.2) is 0 Å². The second-order valence-corrected chi connectivity index (χ2v) is 5.41. The van der Waals surface area contributed by atoms with E-state index in [4.69, 9.17) is 11.1 Å². The quantitative estimate of drug-likeness (QED) is 0.573. The molecular weight excluding hydrogens is 212 g/mol. The highest BCUT2D eigenvalue weighted by Crippen LogP contribution is 2.22. The highest BCUT2D eigenvalue weighted by Gasteiger charge is 2.32. The highest BCUT2D eigenvalue weighted by atomic mass is 15.3. The smallest absolute Gasteiger partial charge is 0.108 e. The maximum Gasteiger partial charge on any atom is 0.108 e. The van der Waals surface area contributed by atoms with Crippen LogP contribution in [0, 0.1) is 5.41 Å². The summed E-state index contributed by atoms with van der Waals surface area (Å²) in [6.45, 7) is 6.89. The summed E-state index contributed by atoms with van der Waals surface area (Å²) in [5.41, 5.74) is 5.68. The van der Waals surface area contributed by atoms with E-state index >= 15 is 0 Å². The Morgan fingerprint density at radius 3 is 2.59 bits per heavy atom. The maximum atomic E-state index is 7.65. The van der Waals surface area contributed by atoms with E-state index in [9.17, 15) is 0 Å². The summed E-state index contributed by atoms with van der Waals surface area (Å²) in [4.78, 5) is 5.05. The summed E-state index contributed by atoms with van der Waals surface area (Å²) in [5.74, 6) is 0.340. The van der Waals surface area contributed by atoms with Crippen molar-refractivity contribution in [1.29, 1.82) is 5.41 Å². The second kappa shape index (κ2) is 5.83. The van der Waals surface area contributed by atoms with Crippen molar-refractivity contribution in [3.8, 4) is 0 Å². The predicted octanol–water partition coefficient (Wildman–Crippen LogP) is 1.26. The van der Waals surface area contributed by atoms with Gasteiger partial charge in [0.05, 0.1) is 6.04 Å². The van der Waals surface area contributed by atoms with E-state index < -0.39 is 0 Å².